The minimum atomic E-state index is -0.807. The number of carbonyl (C=O) groups excluding carboxylic acids is 1. The molecule has 0 saturated heterocycles. The molecule has 1 aliphatic carbocycles. The van der Waals surface area contributed by atoms with E-state index in [-0.39, 0.29) is 12.3 Å². The van der Waals surface area contributed by atoms with Crippen LogP contribution in [0.15, 0.2) is 24.3 Å². The number of methoxy groups -OCH3 is 1. The van der Waals surface area contributed by atoms with Crippen LogP contribution in [0.25, 0.3) is 0 Å². The lowest BCUT2D eigenvalue weighted by Gasteiger charge is -2.31. The first-order valence-electron chi connectivity index (χ1n) is 8.43. The zero-order chi connectivity index (χ0) is 16.5. The number of rotatable bonds is 8. The molecule has 23 heavy (non-hydrogen) atoms. The summed E-state index contributed by atoms with van der Waals surface area (Å²) in [5.74, 6) is -0.0823. The van der Waals surface area contributed by atoms with Gasteiger partial charge in [0.15, 0.2) is 0 Å². The molecular weight excluding hydrogens is 292 g/mol. The number of hydrogen-bond donors (Lipinski definition) is 3. The molecular formula is C18H28N2O3. The number of benzene rings is 1. The van der Waals surface area contributed by atoms with Crippen LogP contribution in [0.4, 0.5) is 5.69 Å². The fourth-order valence-electron chi connectivity index (χ4n) is 3.08. The average Bonchev–Trinajstić information content (AvgIpc) is 2.54. The molecule has 0 atom stereocenters. The summed E-state index contributed by atoms with van der Waals surface area (Å²) in [6.45, 7) is 1.82. The fraction of sp³-hybridized carbons (Fsp3) is 0.611. The lowest BCUT2D eigenvalue weighted by molar-refractivity contribution is -0.127. The highest BCUT2D eigenvalue weighted by molar-refractivity contribution is 5.77. The number of hydrogen-bond acceptors (Lipinski definition) is 4. The van der Waals surface area contributed by atoms with E-state index in [0.29, 0.717) is 13.2 Å². The molecule has 0 bridgehead atoms. The molecule has 0 aromatic heterocycles. The van der Waals surface area contributed by atoms with E-state index < -0.39 is 5.60 Å². The van der Waals surface area contributed by atoms with Crippen molar-refractivity contribution in [3.63, 3.8) is 0 Å². The van der Waals surface area contributed by atoms with Crippen LogP contribution in [0.3, 0.4) is 0 Å². The first kappa shape index (κ1) is 17.8. The van der Waals surface area contributed by atoms with Crippen LogP contribution in [0.2, 0.25) is 0 Å². The molecule has 128 valence electrons. The third kappa shape index (κ3) is 5.84. The van der Waals surface area contributed by atoms with Gasteiger partial charge in [-0.1, -0.05) is 37.5 Å². The zero-order valence-corrected chi connectivity index (χ0v) is 13.9. The number of nitrogens with one attached hydrogen (secondary N) is 2. The van der Waals surface area contributed by atoms with Gasteiger partial charge in [0.1, 0.15) is 0 Å². The topological polar surface area (TPSA) is 70.6 Å². The Hall–Kier alpha value is -1.59. The Morgan fingerprint density at radius 3 is 2.74 bits per heavy atom. The van der Waals surface area contributed by atoms with Gasteiger partial charge in [0.2, 0.25) is 5.91 Å². The third-order valence-electron chi connectivity index (χ3n) is 4.39. The minimum Gasteiger partial charge on any atom is -0.389 e. The van der Waals surface area contributed by atoms with Crippen molar-refractivity contribution in [3.8, 4) is 0 Å². The quantitative estimate of drug-likeness (QED) is 0.644. The monoisotopic (exact) mass is 320 g/mol. The molecule has 0 aliphatic heterocycles. The number of anilines is 1. The second kappa shape index (κ2) is 8.89. The smallest absolute Gasteiger partial charge is 0.223 e. The predicted molar refractivity (Wildman–Crippen MR) is 91.3 cm³/mol. The summed E-state index contributed by atoms with van der Waals surface area (Å²) >= 11 is 0. The maximum absolute atomic E-state index is 12.1. The van der Waals surface area contributed by atoms with Gasteiger partial charge < -0.3 is 20.5 Å². The molecule has 5 heteroatoms. The maximum Gasteiger partial charge on any atom is 0.223 e. The molecule has 1 saturated carbocycles. The third-order valence-corrected chi connectivity index (χ3v) is 4.39. The molecule has 0 radical (unpaired) electrons. The van der Waals surface area contributed by atoms with E-state index in [9.17, 15) is 9.90 Å². The van der Waals surface area contributed by atoms with Gasteiger partial charge in [0.25, 0.3) is 0 Å². The highest BCUT2D eigenvalue weighted by Gasteiger charge is 2.31. The van der Waals surface area contributed by atoms with Crippen molar-refractivity contribution in [3.05, 3.63) is 29.8 Å². The largest absolute Gasteiger partial charge is 0.389 e. The highest BCUT2D eigenvalue weighted by atomic mass is 16.5. The molecule has 0 spiro atoms. The minimum absolute atomic E-state index is 0.0823. The predicted octanol–water partition coefficient (Wildman–Crippen LogP) is 2.45. The molecule has 1 aliphatic rings. The summed E-state index contributed by atoms with van der Waals surface area (Å²) in [6.07, 6.45) is 4.84. The standard InChI is InChI=1S/C18H28N2O3/c1-23-12-11-19-16-8-4-3-7-15(16)14-20-17(21)13-18(22)9-5-2-6-10-18/h3-4,7-8,19,22H,2,5-6,9-14H2,1H3,(H,20,21). The lowest BCUT2D eigenvalue weighted by atomic mass is 9.82. The number of para-hydroxylation sites is 1. The number of amides is 1. The highest BCUT2D eigenvalue weighted by Crippen LogP contribution is 2.30. The van der Waals surface area contributed by atoms with Crippen LogP contribution in [0, 0.1) is 0 Å². The van der Waals surface area contributed by atoms with E-state index in [4.69, 9.17) is 4.74 Å². The van der Waals surface area contributed by atoms with Crippen molar-refractivity contribution in [2.24, 2.45) is 0 Å². The lowest BCUT2D eigenvalue weighted by Crippen LogP contribution is -2.38. The van der Waals surface area contributed by atoms with Gasteiger partial charge in [-0.3, -0.25) is 4.79 Å². The summed E-state index contributed by atoms with van der Waals surface area (Å²) in [5, 5.41) is 16.7. The molecule has 0 heterocycles. The Balaban J connectivity index is 1.83. The van der Waals surface area contributed by atoms with Crippen molar-refractivity contribution >= 4 is 11.6 Å². The molecule has 3 N–H and O–H groups in total. The van der Waals surface area contributed by atoms with E-state index in [0.717, 1.165) is 49.9 Å². The Morgan fingerprint density at radius 2 is 2.00 bits per heavy atom. The van der Waals surface area contributed by atoms with Gasteiger partial charge in [-0.2, -0.15) is 0 Å². The molecule has 1 fully saturated rings. The van der Waals surface area contributed by atoms with Gasteiger partial charge in [0, 0.05) is 25.9 Å². The fourth-order valence-corrected chi connectivity index (χ4v) is 3.08. The molecule has 1 amide bonds. The number of aliphatic hydroxyl groups is 1. The van der Waals surface area contributed by atoms with E-state index in [1.165, 1.54) is 0 Å². The Kier molecular flexibility index (Phi) is 6.86. The van der Waals surface area contributed by atoms with Crippen molar-refractivity contribution in [1.82, 2.24) is 5.32 Å². The second-order valence-corrected chi connectivity index (χ2v) is 6.32. The molecule has 2 rings (SSSR count). The van der Waals surface area contributed by atoms with Crippen LogP contribution in [-0.2, 0) is 16.1 Å². The first-order valence-corrected chi connectivity index (χ1v) is 8.43. The van der Waals surface area contributed by atoms with Crippen molar-refractivity contribution in [2.75, 3.05) is 25.6 Å². The van der Waals surface area contributed by atoms with Gasteiger partial charge >= 0.3 is 0 Å². The van der Waals surface area contributed by atoms with Crippen LogP contribution in [-0.4, -0.2) is 36.9 Å². The maximum atomic E-state index is 12.1. The second-order valence-electron chi connectivity index (χ2n) is 6.32. The molecule has 1 aromatic rings. The summed E-state index contributed by atoms with van der Waals surface area (Å²) < 4.78 is 5.04. The van der Waals surface area contributed by atoms with E-state index in [2.05, 4.69) is 10.6 Å². The number of carbonyl (C=O) groups is 1. The Labute approximate surface area is 138 Å². The first-order chi connectivity index (χ1) is 11.1. The Morgan fingerprint density at radius 1 is 1.26 bits per heavy atom. The summed E-state index contributed by atoms with van der Waals surface area (Å²) in [7, 11) is 1.67. The normalized spacial score (nSPS) is 16.8. The summed E-state index contributed by atoms with van der Waals surface area (Å²) in [4.78, 5) is 12.1. The van der Waals surface area contributed by atoms with Gasteiger partial charge in [-0.15, -0.1) is 0 Å². The van der Waals surface area contributed by atoms with Gasteiger partial charge in [0.05, 0.1) is 18.6 Å². The van der Waals surface area contributed by atoms with E-state index in [1.54, 1.807) is 7.11 Å². The van der Waals surface area contributed by atoms with Crippen LogP contribution in [0.5, 0.6) is 0 Å². The van der Waals surface area contributed by atoms with Crippen molar-refractivity contribution < 1.29 is 14.6 Å². The molecule has 0 unspecified atom stereocenters. The molecule has 5 nitrogen and oxygen atoms in total. The van der Waals surface area contributed by atoms with E-state index >= 15 is 0 Å². The van der Waals surface area contributed by atoms with Crippen molar-refractivity contribution in [2.45, 2.75) is 50.7 Å². The van der Waals surface area contributed by atoms with Gasteiger partial charge in [-0.25, -0.2) is 0 Å². The summed E-state index contributed by atoms with van der Waals surface area (Å²) in [6, 6.07) is 7.90. The van der Waals surface area contributed by atoms with Gasteiger partial charge in [-0.05, 0) is 24.5 Å². The average molecular weight is 320 g/mol. The van der Waals surface area contributed by atoms with Crippen LogP contribution < -0.4 is 10.6 Å². The van der Waals surface area contributed by atoms with E-state index in [1.807, 2.05) is 24.3 Å². The SMILES string of the molecule is COCCNc1ccccc1CNC(=O)CC1(O)CCCCC1. The summed E-state index contributed by atoms with van der Waals surface area (Å²) in [5.41, 5.74) is 1.23. The Bertz CT molecular complexity index is 499. The van der Waals surface area contributed by atoms with Crippen molar-refractivity contribution in [1.29, 1.82) is 0 Å². The zero-order valence-electron chi connectivity index (χ0n) is 13.9. The number of ether oxygens (including phenoxy) is 1. The van der Waals surface area contributed by atoms with Crippen LogP contribution in [0.1, 0.15) is 44.1 Å². The molecule has 1 aromatic carbocycles. The van der Waals surface area contributed by atoms with Crippen LogP contribution >= 0.6 is 0 Å².